The van der Waals surface area contributed by atoms with Crippen molar-refractivity contribution in [1.82, 2.24) is 0 Å². The van der Waals surface area contributed by atoms with E-state index < -0.39 is 18.4 Å². The van der Waals surface area contributed by atoms with Gasteiger partial charge in [0.2, 0.25) is 0 Å². The fourth-order valence-corrected chi connectivity index (χ4v) is 2.51. The Kier molecular flexibility index (Phi) is 3.82. The first kappa shape index (κ1) is 16.1. The van der Waals surface area contributed by atoms with Crippen LogP contribution in [0.3, 0.4) is 0 Å². The smallest absolute Gasteiger partial charge is 0.451 e. The minimum atomic E-state index is -4.99. The van der Waals surface area contributed by atoms with Gasteiger partial charge in [0, 0.05) is 5.56 Å². The van der Waals surface area contributed by atoms with Gasteiger partial charge < -0.3 is 9.84 Å². The van der Waals surface area contributed by atoms with Crippen LogP contribution in [-0.2, 0) is 4.74 Å². The Hall–Kier alpha value is -2.78. The van der Waals surface area contributed by atoms with Crippen molar-refractivity contribution in [1.29, 1.82) is 5.26 Å². The van der Waals surface area contributed by atoms with E-state index in [4.69, 9.17) is 10.00 Å². The molecule has 0 saturated carbocycles. The quantitative estimate of drug-likeness (QED) is 0.894. The highest BCUT2D eigenvalue weighted by atomic mass is 19.4. The third kappa shape index (κ3) is 2.74. The first-order chi connectivity index (χ1) is 11.3. The fraction of sp³-hybridized carbons (Fsp3) is 0.167. The van der Waals surface area contributed by atoms with Crippen LogP contribution >= 0.6 is 0 Å². The highest BCUT2D eigenvalue weighted by Gasteiger charge is 2.60. The van der Waals surface area contributed by atoms with Crippen molar-refractivity contribution in [3.8, 4) is 17.2 Å². The van der Waals surface area contributed by atoms with Gasteiger partial charge in [-0.25, -0.2) is 0 Å². The first-order valence-corrected chi connectivity index (χ1v) is 7.11. The van der Waals surface area contributed by atoms with Gasteiger partial charge in [0.25, 0.3) is 0 Å². The molecule has 2 aromatic carbocycles. The van der Waals surface area contributed by atoms with E-state index in [0.717, 1.165) is 11.1 Å². The summed E-state index contributed by atoms with van der Waals surface area (Å²) in [5.41, 5.74) is 1.91. The number of hydrogen-bond donors (Lipinski definition) is 1. The average molecular weight is 331 g/mol. The zero-order valence-corrected chi connectivity index (χ0v) is 12.3. The van der Waals surface area contributed by atoms with E-state index in [9.17, 15) is 18.3 Å². The number of hydrogen-bond acceptors (Lipinski definition) is 3. The maximum absolute atomic E-state index is 12.9. The van der Waals surface area contributed by atoms with E-state index in [2.05, 4.69) is 0 Å². The van der Waals surface area contributed by atoms with Crippen molar-refractivity contribution < 1.29 is 23.0 Å². The molecule has 6 heteroatoms. The zero-order valence-electron chi connectivity index (χ0n) is 12.3. The van der Waals surface area contributed by atoms with Gasteiger partial charge in [0.1, 0.15) is 5.76 Å². The first-order valence-electron chi connectivity index (χ1n) is 7.11. The summed E-state index contributed by atoms with van der Waals surface area (Å²) in [5, 5.41) is 18.7. The van der Waals surface area contributed by atoms with Gasteiger partial charge in [-0.1, -0.05) is 54.6 Å². The number of ether oxygens (including phenoxy) is 1. The second kappa shape index (κ2) is 5.69. The lowest BCUT2D eigenvalue weighted by molar-refractivity contribution is -0.337. The van der Waals surface area contributed by atoms with E-state index in [1.54, 1.807) is 30.3 Å². The average Bonchev–Trinajstić information content (AvgIpc) is 2.94. The van der Waals surface area contributed by atoms with Crippen molar-refractivity contribution in [3.05, 3.63) is 65.7 Å². The lowest BCUT2D eigenvalue weighted by Crippen LogP contribution is -2.44. The molecule has 1 aliphatic rings. The number of benzene rings is 2. The molecule has 3 nitrogen and oxygen atoms in total. The summed E-state index contributed by atoms with van der Waals surface area (Å²) in [6.45, 7) is 0. The van der Waals surface area contributed by atoms with Crippen molar-refractivity contribution in [2.75, 3.05) is 0 Å². The summed E-state index contributed by atoms with van der Waals surface area (Å²) in [7, 11) is 0. The van der Waals surface area contributed by atoms with E-state index in [1.807, 2.05) is 30.3 Å². The monoisotopic (exact) mass is 331 g/mol. The highest BCUT2D eigenvalue weighted by Crippen LogP contribution is 2.46. The normalized spacial score (nSPS) is 20.6. The molecule has 1 atom stereocenters. The van der Waals surface area contributed by atoms with Crippen LogP contribution in [0.25, 0.3) is 16.9 Å². The Bertz CT molecular complexity index is 820. The van der Waals surface area contributed by atoms with Crippen LogP contribution in [0, 0.1) is 11.3 Å². The van der Waals surface area contributed by atoms with Gasteiger partial charge in [0.15, 0.2) is 0 Å². The Morgan fingerprint density at radius 2 is 1.50 bits per heavy atom. The molecular weight excluding hydrogens is 319 g/mol. The standard InChI is InChI=1S/C18H12F3NO2/c19-18(20,21)17(23)10-15(11-22)16(24-17)14-8-6-13(7-9-14)12-4-2-1-3-5-12/h1-9,23H,10H2. The number of aliphatic hydroxyl groups is 1. The van der Waals surface area contributed by atoms with Gasteiger partial charge in [0.05, 0.1) is 18.1 Å². The summed E-state index contributed by atoms with van der Waals surface area (Å²) in [6, 6.07) is 17.7. The highest BCUT2D eigenvalue weighted by molar-refractivity contribution is 5.72. The zero-order chi connectivity index (χ0) is 17.4. The third-order valence-corrected chi connectivity index (χ3v) is 3.79. The van der Waals surface area contributed by atoms with Crippen LogP contribution in [-0.4, -0.2) is 17.1 Å². The molecule has 1 aliphatic heterocycles. The second-order valence-electron chi connectivity index (χ2n) is 5.42. The molecule has 1 N–H and O–H groups in total. The number of alkyl halides is 3. The second-order valence-corrected chi connectivity index (χ2v) is 5.42. The predicted molar refractivity (Wildman–Crippen MR) is 81.1 cm³/mol. The molecule has 0 spiro atoms. The number of rotatable bonds is 2. The fourth-order valence-electron chi connectivity index (χ4n) is 2.51. The minimum absolute atomic E-state index is 0.234. The molecule has 0 aromatic heterocycles. The molecule has 24 heavy (non-hydrogen) atoms. The number of nitriles is 1. The molecule has 0 amide bonds. The van der Waals surface area contributed by atoms with Crippen LogP contribution < -0.4 is 0 Å². The summed E-state index contributed by atoms with van der Waals surface area (Å²) in [5.74, 6) is -3.59. The Morgan fingerprint density at radius 1 is 0.958 bits per heavy atom. The topological polar surface area (TPSA) is 53.2 Å². The van der Waals surface area contributed by atoms with Gasteiger partial charge in [-0.15, -0.1) is 0 Å². The van der Waals surface area contributed by atoms with E-state index in [1.165, 1.54) is 0 Å². The van der Waals surface area contributed by atoms with Gasteiger partial charge in [-0.3, -0.25) is 0 Å². The summed E-state index contributed by atoms with van der Waals surface area (Å²) >= 11 is 0. The maximum Gasteiger partial charge on any atom is 0.455 e. The molecule has 1 heterocycles. The van der Waals surface area contributed by atoms with Gasteiger partial charge in [-0.2, -0.15) is 18.4 Å². The van der Waals surface area contributed by atoms with Gasteiger partial charge >= 0.3 is 12.0 Å². The Morgan fingerprint density at radius 3 is 2.04 bits per heavy atom. The minimum Gasteiger partial charge on any atom is -0.451 e. The van der Waals surface area contributed by atoms with Crippen LogP contribution in [0.15, 0.2) is 60.2 Å². The molecule has 0 bridgehead atoms. The van der Waals surface area contributed by atoms with E-state index >= 15 is 0 Å². The molecule has 0 saturated heterocycles. The van der Waals surface area contributed by atoms with Crippen LogP contribution in [0.2, 0.25) is 0 Å². The lowest BCUT2D eigenvalue weighted by Gasteiger charge is -2.25. The summed E-state index contributed by atoms with van der Waals surface area (Å²) in [4.78, 5) is 0. The van der Waals surface area contributed by atoms with Gasteiger partial charge in [-0.05, 0) is 11.1 Å². The SMILES string of the molecule is N#CC1=C(c2ccc(-c3ccccc3)cc2)OC(O)(C(F)(F)F)C1. The molecular formula is C18H12F3NO2. The van der Waals surface area contributed by atoms with Crippen molar-refractivity contribution in [3.63, 3.8) is 0 Å². The predicted octanol–water partition coefficient (Wildman–Crippen LogP) is 4.26. The molecule has 0 fully saturated rings. The largest absolute Gasteiger partial charge is 0.455 e. The van der Waals surface area contributed by atoms with Crippen LogP contribution in [0.5, 0.6) is 0 Å². The molecule has 1 unspecified atom stereocenters. The van der Waals surface area contributed by atoms with Crippen LogP contribution in [0.4, 0.5) is 13.2 Å². The van der Waals surface area contributed by atoms with E-state index in [0.29, 0.717) is 5.56 Å². The van der Waals surface area contributed by atoms with E-state index in [-0.39, 0.29) is 11.3 Å². The van der Waals surface area contributed by atoms with Crippen LogP contribution in [0.1, 0.15) is 12.0 Å². The number of nitrogens with zero attached hydrogens (tertiary/aromatic N) is 1. The molecule has 3 rings (SSSR count). The third-order valence-electron chi connectivity index (χ3n) is 3.79. The maximum atomic E-state index is 12.9. The molecule has 122 valence electrons. The summed E-state index contributed by atoms with van der Waals surface area (Å²) in [6.07, 6.45) is -5.90. The Labute approximate surface area is 136 Å². The van der Waals surface area contributed by atoms with Crippen molar-refractivity contribution >= 4 is 5.76 Å². The lowest BCUT2D eigenvalue weighted by atomic mass is 10.0. The Balaban J connectivity index is 1.93. The number of halogens is 3. The van der Waals surface area contributed by atoms with Crippen molar-refractivity contribution in [2.45, 2.75) is 18.4 Å². The molecule has 0 aliphatic carbocycles. The molecule has 2 aromatic rings. The van der Waals surface area contributed by atoms with Crippen molar-refractivity contribution in [2.24, 2.45) is 0 Å². The molecule has 0 radical (unpaired) electrons. The summed E-state index contributed by atoms with van der Waals surface area (Å²) < 4.78 is 43.5.